The maximum Gasteiger partial charge on any atom is 0.0672 e. The van der Waals surface area contributed by atoms with Crippen LogP contribution in [0.2, 0.25) is 0 Å². The van der Waals surface area contributed by atoms with Crippen LogP contribution in [0.15, 0.2) is 30.3 Å². The summed E-state index contributed by atoms with van der Waals surface area (Å²) in [6.45, 7) is 2.19. The minimum absolute atomic E-state index is 0.179. The van der Waals surface area contributed by atoms with Crippen LogP contribution in [-0.4, -0.2) is 6.04 Å². The van der Waals surface area contributed by atoms with E-state index in [9.17, 15) is 5.26 Å². The summed E-state index contributed by atoms with van der Waals surface area (Å²) in [5, 5.41) is 12.9. The van der Waals surface area contributed by atoms with E-state index in [1.54, 1.807) is 0 Å². The van der Waals surface area contributed by atoms with Crippen LogP contribution in [-0.2, 0) is 0 Å². The van der Waals surface area contributed by atoms with Gasteiger partial charge < -0.3 is 5.32 Å². The standard InChI is InChI=1S/C16H22N2/c1-13(14-8-4-2-5-9-14)18-16-11-7-3-6-10-15(16)12-17/h2,4-5,8-9,13,15-16,18H,3,6-7,10-11H2,1H3/t13-,15?,16?/m1/s1. The first kappa shape index (κ1) is 13.1. The van der Waals surface area contributed by atoms with Gasteiger partial charge in [-0.25, -0.2) is 0 Å². The van der Waals surface area contributed by atoms with Crippen LogP contribution in [0.5, 0.6) is 0 Å². The summed E-state index contributed by atoms with van der Waals surface area (Å²) in [5.74, 6) is 0.179. The van der Waals surface area contributed by atoms with Crippen LogP contribution in [0.3, 0.4) is 0 Å². The number of rotatable bonds is 3. The smallest absolute Gasteiger partial charge is 0.0672 e. The van der Waals surface area contributed by atoms with Crippen LogP contribution >= 0.6 is 0 Å². The minimum Gasteiger partial charge on any atom is -0.306 e. The van der Waals surface area contributed by atoms with Gasteiger partial charge in [-0.3, -0.25) is 0 Å². The molecule has 2 nitrogen and oxygen atoms in total. The Morgan fingerprint density at radius 2 is 1.89 bits per heavy atom. The molecule has 2 unspecified atom stereocenters. The topological polar surface area (TPSA) is 35.8 Å². The summed E-state index contributed by atoms with van der Waals surface area (Å²) in [7, 11) is 0. The van der Waals surface area contributed by atoms with Gasteiger partial charge in [-0.2, -0.15) is 5.26 Å². The molecular formula is C16H22N2. The van der Waals surface area contributed by atoms with Gasteiger partial charge in [0.1, 0.15) is 0 Å². The van der Waals surface area contributed by atoms with Crippen LogP contribution in [0, 0.1) is 17.2 Å². The summed E-state index contributed by atoms with van der Waals surface area (Å²) in [5.41, 5.74) is 1.30. The van der Waals surface area contributed by atoms with E-state index in [-0.39, 0.29) is 5.92 Å². The minimum atomic E-state index is 0.179. The molecule has 1 aliphatic rings. The highest BCUT2D eigenvalue weighted by Gasteiger charge is 2.24. The van der Waals surface area contributed by atoms with Gasteiger partial charge in [0.25, 0.3) is 0 Å². The van der Waals surface area contributed by atoms with Gasteiger partial charge in [-0.15, -0.1) is 0 Å². The predicted molar refractivity (Wildman–Crippen MR) is 74.0 cm³/mol. The Morgan fingerprint density at radius 3 is 2.61 bits per heavy atom. The molecule has 1 aliphatic carbocycles. The first-order chi connectivity index (χ1) is 8.81. The summed E-state index contributed by atoms with van der Waals surface area (Å²) >= 11 is 0. The molecule has 1 N–H and O–H groups in total. The van der Waals surface area contributed by atoms with Crippen molar-refractivity contribution < 1.29 is 0 Å². The van der Waals surface area contributed by atoms with Gasteiger partial charge in [0.2, 0.25) is 0 Å². The number of hydrogen-bond donors (Lipinski definition) is 1. The Morgan fingerprint density at radius 1 is 1.17 bits per heavy atom. The fourth-order valence-electron chi connectivity index (χ4n) is 2.82. The zero-order valence-corrected chi connectivity index (χ0v) is 11.1. The van der Waals surface area contributed by atoms with Gasteiger partial charge >= 0.3 is 0 Å². The first-order valence-electron chi connectivity index (χ1n) is 7.02. The normalized spacial score (nSPS) is 26.0. The quantitative estimate of drug-likeness (QED) is 0.818. The molecule has 1 aromatic carbocycles. The average Bonchev–Trinajstić information content (AvgIpc) is 2.64. The molecule has 1 fully saturated rings. The highest BCUT2D eigenvalue weighted by Crippen LogP contribution is 2.25. The molecule has 2 heteroatoms. The van der Waals surface area contributed by atoms with Crippen molar-refractivity contribution in [1.82, 2.24) is 5.32 Å². The molecule has 0 amide bonds. The van der Waals surface area contributed by atoms with Gasteiger partial charge in [0.05, 0.1) is 12.0 Å². The largest absolute Gasteiger partial charge is 0.306 e. The third-order valence-electron chi connectivity index (χ3n) is 3.95. The Balaban J connectivity index is 2.00. The fourth-order valence-corrected chi connectivity index (χ4v) is 2.82. The van der Waals surface area contributed by atoms with Crippen LogP contribution in [0.1, 0.15) is 50.6 Å². The van der Waals surface area contributed by atoms with Gasteiger partial charge in [0.15, 0.2) is 0 Å². The molecular weight excluding hydrogens is 220 g/mol. The summed E-state index contributed by atoms with van der Waals surface area (Å²) in [6.07, 6.45) is 5.91. The molecule has 0 bridgehead atoms. The molecule has 3 atom stereocenters. The molecule has 1 aromatic rings. The van der Waals surface area contributed by atoms with E-state index in [1.165, 1.54) is 24.8 Å². The van der Waals surface area contributed by atoms with Crippen molar-refractivity contribution in [2.24, 2.45) is 5.92 Å². The van der Waals surface area contributed by atoms with Crippen molar-refractivity contribution in [3.8, 4) is 6.07 Å². The SMILES string of the molecule is C[C@@H](NC1CCCCCC1C#N)c1ccccc1. The highest BCUT2D eigenvalue weighted by atomic mass is 15.0. The lowest BCUT2D eigenvalue weighted by Crippen LogP contribution is -2.36. The monoisotopic (exact) mass is 242 g/mol. The second kappa shape index (κ2) is 6.56. The Bertz CT molecular complexity index is 393. The zero-order valence-electron chi connectivity index (χ0n) is 11.1. The Labute approximate surface area is 110 Å². The molecule has 0 saturated heterocycles. The maximum absolute atomic E-state index is 9.28. The number of benzene rings is 1. The lowest BCUT2D eigenvalue weighted by atomic mass is 9.95. The summed E-state index contributed by atoms with van der Waals surface area (Å²) < 4.78 is 0. The van der Waals surface area contributed by atoms with E-state index in [1.807, 2.05) is 6.07 Å². The molecule has 1 saturated carbocycles. The zero-order chi connectivity index (χ0) is 12.8. The van der Waals surface area contributed by atoms with Gasteiger partial charge in [0, 0.05) is 12.1 Å². The molecule has 18 heavy (non-hydrogen) atoms. The van der Waals surface area contributed by atoms with E-state index < -0.39 is 0 Å². The molecule has 0 heterocycles. The first-order valence-corrected chi connectivity index (χ1v) is 7.02. The maximum atomic E-state index is 9.28. The number of nitriles is 1. The van der Waals surface area contributed by atoms with Gasteiger partial charge in [-0.1, -0.05) is 49.6 Å². The van der Waals surface area contributed by atoms with Crippen molar-refractivity contribution in [2.75, 3.05) is 0 Å². The van der Waals surface area contributed by atoms with E-state index >= 15 is 0 Å². The second-order valence-electron chi connectivity index (χ2n) is 5.28. The summed E-state index contributed by atoms with van der Waals surface area (Å²) in [6, 6.07) is 13.6. The molecule has 96 valence electrons. The van der Waals surface area contributed by atoms with Crippen molar-refractivity contribution >= 4 is 0 Å². The highest BCUT2D eigenvalue weighted by molar-refractivity contribution is 5.18. The third-order valence-corrected chi connectivity index (χ3v) is 3.95. The van der Waals surface area contributed by atoms with Crippen molar-refractivity contribution in [3.05, 3.63) is 35.9 Å². The number of nitrogens with zero attached hydrogens (tertiary/aromatic N) is 1. The molecule has 0 aromatic heterocycles. The Hall–Kier alpha value is -1.33. The lowest BCUT2D eigenvalue weighted by molar-refractivity contribution is 0.361. The average molecular weight is 242 g/mol. The molecule has 0 aliphatic heterocycles. The van der Waals surface area contributed by atoms with Crippen LogP contribution < -0.4 is 5.32 Å². The van der Waals surface area contributed by atoms with E-state index in [2.05, 4.69) is 42.6 Å². The van der Waals surface area contributed by atoms with Gasteiger partial charge in [-0.05, 0) is 25.3 Å². The van der Waals surface area contributed by atoms with E-state index in [0.29, 0.717) is 12.1 Å². The number of hydrogen-bond acceptors (Lipinski definition) is 2. The third kappa shape index (κ3) is 3.34. The second-order valence-corrected chi connectivity index (χ2v) is 5.28. The fraction of sp³-hybridized carbons (Fsp3) is 0.562. The van der Waals surface area contributed by atoms with Crippen LogP contribution in [0.25, 0.3) is 0 Å². The Kier molecular flexibility index (Phi) is 4.78. The molecule has 2 rings (SSSR count). The van der Waals surface area contributed by atoms with Crippen molar-refractivity contribution in [3.63, 3.8) is 0 Å². The van der Waals surface area contributed by atoms with Crippen molar-refractivity contribution in [1.29, 1.82) is 5.26 Å². The predicted octanol–water partition coefficient (Wildman–Crippen LogP) is 3.81. The van der Waals surface area contributed by atoms with Crippen LogP contribution in [0.4, 0.5) is 0 Å². The van der Waals surface area contributed by atoms with E-state index in [0.717, 1.165) is 12.8 Å². The number of nitrogens with one attached hydrogen (secondary N) is 1. The van der Waals surface area contributed by atoms with Crippen molar-refractivity contribution in [2.45, 2.75) is 51.1 Å². The lowest BCUT2D eigenvalue weighted by Gasteiger charge is -2.25. The molecule has 0 radical (unpaired) electrons. The summed E-state index contributed by atoms with van der Waals surface area (Å²) in [4.78, 5) is 0. The van der Waals surface area contributed by atoms with E-state index in [4.69, 9.17) is 0 Å². The molecule has 0 spiro atoms.